The SMILES string of the molecule is CN(C)[C@H]1CS(=O)(=O)C[C@H]1N=Cc1ccccc1. The average Bonchev–Trinajstić information content (AvgIpc) is 2.64. The summed E-state index contributed by atoms with van der Waals surface area (Å²) in [6.07, 6.45) is 1.77. The van der Waals surface area contributed by atoms with E-state index >= 15 is 0 Å². The minimum atomic E-state index is -2.95. The van der Waals surface area contributed by atoms with Crippen LogP contribution in [0.4, 0.5) is 0 Å². The number of hydrogen-bond donors (Lipinski definition) is 0. The zero-order chi connectivity index (χ0) is 13.2. The van der Waals surface area contributed by atoms with Gasteiger partial charge in [-0.2, -0.15) is 0 Å². The van der Waals surface area contributed by atoms with Crippen molar-refractivity contribution in [3.63, 3.8) is 0 Å². The largest absolute Gasteiger partial charge is 0.303 e. The van der Waals surface area contributed by atoms with Gasteiger partial charge < -0.3 is 4.90 Å². The molecule has 0 amide bonds. The molecule has 0 aromatic heterocycles. The molecule has 1 aliphatic heterocycles. The maximum Gasteiger partial charge on any atom is 0.154 e. The Morgan fingerprint density at radius 3 is 2.50 bits per heavy atom. The second kappa shape index (κ2) is 5.20. The Labute approximate surface area is 108 Å². The normalized spacial score (nSPS) is 27.1. The number of aliphatic imine (C=N–C) groups is 1. The number of nitrogens with zero attached hydrogens (tertiary/aromatic N) is 2. The standard InChI is InChI=1S/C13H18N2O2S/c1-15(2)13-10-18(16,17)9-12(13)14-8-11-6-4-3-5-7-11/h3-8,12-13H,9-10H2,1-2H3/t12-,13+/m1/s1. The summed E-state index contributed by atoms with van der Waals surface area (Å²) in [5.41, 5.74) is 0.999. The van der Waals surface area contributed by atoms with Crippen molar-refractivity contribution in [3.8, 4) is 0 Å². The van der Waals surface area contributed by atoms with Crippen molar-refractivity contribution in [2.24, 2.45) is 4.99 Å². The topological polar surface area (TPSA) is 49.7 Å². The van der Waals surface area contributed by atoms with Crippen LogP contribution in [0.3, 0.4) is 0 Å². The summed E-state index contributed by atoms with van der Waals surface area (Å²) in [7, 11) is 0.849. The lowest BCUT2D eigenvalue weighted by Crippen LogP contribution is -2.37. The van der Waals surface area contributed by atoms with Crippen molar-refractivity contribution in [2.45, 2.75) is 12.1 Å². The molecule has 0 bridgehead atoms. The van der Waals surface area contributed by atoms with Crippen LogP contribution in [0, 0.1) is 0 Å². The van der Waals surface area contributed by atoms with Gasteiger partial charge in [0, 0.05) is 12.3 Å². The molecule has 1 fully saturated rings. The number of hydrogen-bond acceptors (Lipinski definition) is 4. The average molecular weight is 266 g/mol. The molecule has 1 aromatic rings. The van der Waals surface area contributed by atoms with Crippen LogP contribution in [-0.2, 0) is 9.84 Å². The van der Waals surface area contributed by atoms with Gasteiger partial charge in [0.1, 0.15) is 0 Å². The smallest absolute Gasteiger partial charge is 0.154 e. The van der Waals surface area contributed by atoms with E-state index in [9.17, 15) is 8.42 Å². The van der Waals surface area contributed by atoms with Gasteiger partial charge in [0.25, 0.3) is 0 Å². The highest BCUT2D eigenvalue weighted by atomic mass is 32.2. The van der Waals surface area contributed by atoms with Gasteiger partial charge in [-0.05, 0) is 19.7 Å². The lowest BCUT2D eigenvalue weighted by molar-refractivity contribution is 0.297. The quantitative estimate of drug-likeness (QED) is 0.762. The fraction of sp³-hybridized carbons (Fsp3) is 0.462. The first-order chi connectivity index (χ1) is 8.48. The second-order valence-electron chi connectivity index (χ2n) is 4.86. The van der Waals surface area contributed by atoms with E-state index in [-0.39, 0.29) is 23.6 Å². The molecular formula is C13H18N2O2S. The van der Waals surface area contributed by atoms with Crippen molar-refractivity contribution in [1.82, 2.24) is 4.90 Å². The van der Waals surface area contributed by atoms with Crippen LogP contribution in [0.1, 0.15) is 5.56 Å². The molecule has 5 heteroatoms. The van der Waals surface area contributed by atoms with Crippen LogP contribution in [-0.4, -0.2) is 57.2 Å². The Balaban J connectivity index is 2.15. The van der Waals surface area contributed by atoms with Crippen molar-refractivity contribution < 1.29 is 8.42 Å². The summed E-state index contributed by atoms with van der Waals surface area (Å²) in [6, 6.07) is 9.56. The Morgan fingerprint density at radius 1 is 1.22 bits per heavy atom. The van der Waals surface area contributed by atoms with E-state index in [2.05, 4.69) is 4.99 Å². The van der Waals surface area contributed by atoms with E-state index in [1.54, 1.807) is 6.21 Å². The fourth-order valence-electron chi connectivity index (χ4n) is 2.17. The van der Waals surface area contributed by atoms with Gasteiger partial charge in [0.15, 0.2) is 9.84 Å². The first kappa shape index (κ1) is 13.2. The van der Waals surface area contributed by atoms with Crippen molar-refractivity contribution in [3.05, 3.63) is 35.9 Å². The highest BCUT2D eigenvalue weighted by molar-refractivity contribution is 7.91. The highest BCUT2D eigenvalue weighted by Gasteiger charge is 2.38. The molecule has 18 heavy (non-hydrogen) atoms. The summed E-state index contributed by atoms with van der Waals surface area (Å²) in [5.74, 6) is 0.357. The maximum atomic E-state index is 11.7. The molecule has 2 rings (SSSR count). The first-order valence-corrected chi connectivity index (χ1v) is 7.75. The highest BCUT2D eigenvalue weighted by Crippen LogP contribution is 2.19. The van der Waals surface area contributed by atoms with Gasteiger partial charge in [-0.1, -0.05) is 30.3 Å². The lowest BCUT2D eigenvalue weighted by atomic mass is 10.1. The number of sulfone groups is 1. The van der Waals surface area contributed by atoms with E-state index in [1.807, 2.05) is 49.3 Å². The third-order valence-corrected chi connectivity index (χ3v) is 4.87. The van der Waals surface area contributed by atoms with E-state index in [1.165, 1.54) is 0 Å². The molecule has 1 aliphatic rings. The van der Waals surface area contributed by atoms with E-state index in [0.29, 0.717) is 0 Å². The molecule has 0 aliphatic carbocycles. The molecule has 1 heterocycles. The minimum Gasteiger partial charge on any atom is -0.303 e. The predicted molar refractivity (Wildman–Crippen MR) is 74.0 cm³/mol. The molecule has 1 saturated heterocycles. The van der Waals surface area contributed by atoms with E-state index in [0.717, 1.165) is 5.56 Å². The van der Waals surface area contributed by atoms with Crippen LogP contribution in [0.25, 0.3) is 0 Å². The molecule has 98 valence electrons. The Kier molecular flexibility index (Phi) is 3.82. The zero-order valence-corrected chi connectivity index (χ0v) is 11.5. The summed E-state index contributed by atoms with van der Waals surface area (Å²) in [4.78, 5) is 6.39. The van der Waals surface area contributed by atoms with Gasteiger partial charge in [0.05, 0.1) is 17.5 Å². The van der Waals surface area contributed by atoms with Crippen LogP contribution in [0.5, 0.6) is 0 Å². The van der Waals surface area contributed by atoms with Gasteiger partial charge in [-0.25, -0.2) is 8.42 Å². The zero-order valence-electron chi connectivity index (χ0n) is 10.7. The molecule has 0 spiro atoms. The molecule has 1 aromatic carbocycles. The van der Waals surface area contributed by atoms with Crippen molar-refractivity contribution in [2.75, 3.05) is 25.6 Å². The third-order valence-electron chi connectivity index (χ3n) is 3.17. The molecule has 0 saturated carbocycles. The fourth-order valence-corrected chi connectivity index (χ4v) is 4.17. The van der Waals surface area contributed by atoms with Crippen molar-refractivity contribution in [1.29, 1.82) is 0 Å². The molecule has 2 atom stereocenters. The van der Waals surface area contributed by atoms with Gasteiger partial charge in [-0.15, -0.1) is 0 Å². The monoisotopic (exact) mass is 266 g/mol. The van der Waals surface area contributed by atoms with Crippen LogP contribution in [0.2, 0.25) is 0 Å². The molecular weight excluding hydrogens is 248 g/mol. The maximum absolute atomic E-state index is 11.7. The van der Waals surface area contributed by atoms with Crippen LogP contribution >= 0.6 is 0 Å². The summed E-state index contributed by atoms with van der Waals surface area (Å²) >= 11 is 0. The van der Waals surface area contributed by atoms with E-state index in [4.69, 9.17) is 0 Å². The van der Waals surface area contributed by atoms with Gasteiger partial charge >= 0.3 is 0 Å². The summed E-state index contributed by atoms with van der Waals surface area (Å²) in [6.45, 7) is 0. The molecule has 4 nitrogen and oxygen atoms in total. The van der Waals surface area contributed by atoms with Gasteiger partial charge in [0.2, 0.25) is 0 Å². The molecule has 0 radical (unpaired) electrons. The first-order valence-electron chi connectivity index (χ1n) is 5.93. The van der Waals surface area contributed by atoms with Crippen LogP contribution < -0.4 is 0 Å². The van der Waals surface area contributed by atoms with Crippen molar-refractivity contribution >= 4 is 16.1 Å². The number of benzene rings is 1. The van der Waals surface area contributed by atoms with Gasteiger partial charge in [-0.3, -0.25) is 4.99 Å². The lowest BCUT2D eigenvalue weighted by Gasteiger charge is -2.21. The van der Waals surface area contributed by atoms with E-state index < -0.39 is 9.84 Å². The minimum absolute atomic E-state index is 0.0186. The Hall–Kier alpha value is -1.20. The Morgan fingerprint density at radius 2 is 1.89 bits per heavy atom. The predicted octanol–water partition coefficient (Wildman–Crippen LogP) is 0.833. The molecule has 0 N–H and O–H groups in total. The number of rotatable bonds is 3. The summed E-state index contributed by atoms with van der Waals surface area (Å²) in [5, 5.41) is 0. The molecule has 0 unspecified atom stereocenters. The summed E-state index contributed by atoms with van der Waals surface area (Å²) < 4.78 is 23.3. The Bertz CT molecular complexity index is 523. The van der Waals surface area contributed by atoms with Crippen LogP contribution in [0.15, 0.2) is 35.3 Å². The third kappa shape index (κ3) is 3.17. The second-order valence-corrected chi connectivity index (χ2v) is 7.02. The number of likely N-dealkylation sites (N-methyl/N-ethyl adjacent to an activating group) is 1.